The van der Waals surface area contributed by atoms with Crippen molar-refractivity contribution >= 4 is 5.91 Å². The normalized spacial score (nSPS) is 20.8. The second kappa shape index (κ2) is 9.19. The molecule has 1 heterocycles. The Bertz CT molecular complexity index is 491. The molecule has 1 aliphatic heterocycles. The first-order valence-corrected chi connectivity index (χ1v) is 9.55. The van der Waals surface area contributed by atoms with E-state index in [-0.39, 0.29) is 5.91 Å². The van der Waals surface area contributed by atoms with Gasteiger partial charge in [-0.25, -0.2) is 0 Å². The predicted octanol–water partition coefficient (Wildman–Crippen LogP) is 2.50. The first-order chi connectivity index (χ1) is 11.8. The van der Waals surface area contributed by atoms with Gasteiger partial charge >= 0.3 is 0 Å². The lowest BCUT2D eigenvalue weighted by Crippen LogP contribution is -2.49. The average molecular weight is 329 g/mol. The van der Waals surface area contributed by atoms with Gasteiger partial charge in [0.25, 0.3) is 0 Å². The zero-order valence-electron chi connectivity index (χ0n) is 14.8. The summed E-state index contributed by atoms with van der Waals surface area (Å²) in [6.45, 7) is 6.53. The lowest BCUT2D eigenvalue weighted by molar-refractivity contribution is -0.122. The minimum atomic E-state index is 0.206. The number of amides is 1. The van der Waals surface area contributed by atoms with Gasteiger partial charge in [-0.1, -0.05) is 49.6 Å². The number of rotatable bonds is 6. The number of nitrogens with zero attached hydrogens (tertiary/aromatic N) is 2. The maximum atomic E-state index is 12.2. The van der Waals surface area contributed by atoms with Crippen molar-refractivity contribution in [3.05, 3.63) is 35.9 Å². The van der Waals surface area contributed by atoms with E-state index in [2.05, 4.69) is 45.4 Å². The molecule has 1 aromatic rings. The van der Waals surface area contributed by atoms with Gasteiger partial charge < -0.3 is 5.32 Å². The molecular formula is C20H31N3O. The summed E-state index contributed by atoms with van der Waals surface area (Å²) in [5.74, 6) is 0.919. The van der Waals surface area contributed by atoms with Gasteiger partial charge in [0.15, 0.2) is 0 Å². The van der Waals surface area contributed by atoms with E-state index in [1.54, 1.807) is 0 Å². The zero-order valence-corrected chi connectivity index (χ0v) is 14.8. The monoisotopic (exact) mass is 329 g/mol. The van der Waals surface area contributed by atoms with E-state index in [1.165, 1.54) is 37.7 Å². The molecular weight excluding hydrogens is 298 g/mol. The molecule has 0 atom stereocenters. The van der Waals surface area contributed by atoms with Crippen molar-refractivity contribution in [2.75, 3.05) is 39.3 Å². The lowest BCUT2D eigenvalue weighted by atomic mass is 9.89. The Kier molecular flexibility index (Phi) is 6.67. The first kappa shape index (κ1) is 17.4. The molecule has 3 rings (SSSR count). The van der Waals surface area contributed by atoms with Gasteiger partial charge in [-0.2, -0.15) is 0 Å². The second-order valence-corrected chi connectivity index (χ2v) is 7.35. The van der Waals surface area contributed by atoms with Gasteiger partial charge in [0.05, 0.1) is 6.54 Å². The molecule has 1 saturated heterocycles. The second-order valence-electron chi connectivity index (χ2n) is 7.35. The molecule has 1 saturated carbocycles. The third-order valence-electron chi connectivity index (χ3n) is 5.39. The van der Waals surface area contributed by atoms with E-state index in [4.69, 9.17) is 0 Å². The van der Waals surface area contributed by atoms with Crippen molar-refractivity contribution < 1.29 is 4.79 Å². The molecule has 2 fully saturated rings. The molecule has 0 spiro atoms. The predicted molar refractivity (Wildman–Crippen MR) is 97.7 cm³/mol. The molecule has 0 aromatic heterocycles. The Morgan fingerprint density at radius 1 is 0.958 bits per heavy atom. The van der Waals surface area contributed by atoms with E-state index in [0.29, 0.717) is 12.5 Å². The SMILES string of the molecule is O=C(CN1CCN(Cc2ccccc2)CC1)NCC1CCCCC1. The standard InChI is InChI=1S/C20H31N3O/c24-20(21-15-18-7-3-1-4-8-18)17-23-13-11-22(12-14-23)16-19-9-5-2-6-10-19/h2,5-6,9-10,18H,1,3-4,7-8,11-17H2,(H,21,24). The molecule has 0 radical (unpaired) electrons. The van der Waals surface area contributed by atoms with Crippen LogP contribution in [0.2, 0.25) is 0 Å². The summed E-state index contributed by atoms with van der Waals surface area (Å²) in [7, 11) is 0. The maximum Gasteiger partial charge on any atom is 0.234 e. The molecule has 1 N–H and O–H groups in total. The smallest absolute Gasteiger partial charge is 0.234 e. The van der Waals surface area contributed by atoms with E-state index in [9.17, 15) is 4.79 Å². The van der Waals surface area contributed by atoms with Crippen LogP contribution in [0.5, 0.6) is 0 Å². The molecule has 0 bridgehead atoms. The fraction of sp³-hybridized carbons (Fsp3) is 0.650. The third kappa shape index (κ3) is 5.60. The summed E-state index contributed by atoms with van der Waals surface area (Å²) in [6, 6.07) is 10.6. The molecule has 4 nitrogen and oxygen atoms in total. The molecule has 2 aliphatic rings. The number of hydrogen-bond acceptors (Lipinski definition) is 3. The van der Waals surface area contributed by atoms with Gasteiger partial charge in [-0.05, 0) is 24.3 Å². The van der Waals surface area contributed by atoms with Crippen molar-refractivity contribution in [1.29, 1.82) is 0 Å². The van der Waals surface area contributed by atoms with Crippen molar-refractivity contribution in [2.45, 2.75) is 38.6 Å². The summed E-state index contributed by atoms with van der Waals surface area (Å²) in [5, 5.41) is 3.16. The summed E-state index contributed by atoms with van der Waals surface area (Å²) in [6.07, 6.45) is 6.63. The first-order valence-electron chi connectivity index (χ1n) is 9.55. The number of carbonyl (C=O) groups is 1. The van der Waals surface area contributed by atoms with Gasteiger partial charge in [0.1, 0.15) is 0 Å². The fourth-order valence-corrected chi connectivity index (χ4v) is 3.86. The van der Waals surface area contributed by atoms with E-state index in [1.807, 2.05) is 0 Å². The van der Waals surface area contributed by atoms with Crippen LogP contribution >= 0.6 is 0 Å². The number of piperazine rings is 1. The number of hydrogen-bond donors (Lipinski definition) is 1. The van der Waals surface area contributed by atoms with E-state index in [0.717, 1.165) is 39.3 Å². The highest BCUT2D eigenvalue weighted by Gasteiger charge is 2.20. The molecule has 24 heavy (non-hydrogen) atoms. The van der Waals surface area contributed by atoms with Crippen molar-refractivity contribution in [2.24, 2.45) is 5.92 Å². The van der Waals surface area contributed by atoms with Crippen LogP contribution in [-0.4, -0.2) is 55.0 Å². The van der Waals surface area contributed by atoms with Crippen LogP contribution in [0.1, 0.15) is 37.7 Å². The van der Waals surface area contributed by atoms with Crippen molar-refractivity contribution in [1.82, 2.24) is 15.1 Å². The summed E-state index contributed by atoms with van der Waals surface area (Å²) in [4.78, 5) is 16.9. The quantitative estimate of drug-likeness (QED) is 0.871. The largest absolute Gasteiger partial charge is 0.355 e. The van der Waals surface area contributed by atoms with Crippen LogP contribution in [0.15, 0.2) is 30.3 Å². The highest BCUT2D eigenvalue weighted by atomic mass is 16.2. The van der Waals surface area contributed by atoms with Crippen LogP contribution in [0.3, 0.4) is 0 Å². The molecule has 132 valence electrons. The van der Waals surface area contributed by atoms with Gasteiger partial charge in [0.2, 0.25) is 5.91 Å². The maximum absolute atomic E-state index is 12.2. The Morgan fingerprint density at radius 2 is 1.62 bits per heavy atom. The minimum absolute atomic E-state index is 0.206. The Hall–Kier alpha value is -1.39. The van der Waals surface area contributed by atoms with Crippen molar-refractivity contribution in [3.63, 3.8) is 0 Å². The average Bonchev–Trinajstić information content (AvgIpc) is 2.63. The summed E-state index contributed by atoms with van der Waals surface area (Å²) in [5.41, 5.74) is 1.37. The highest BCUT2D eigenvalue weighted by molar-refractivity contribution is 5.78. The van der Waals surface area contributed by atoms with Crippen LogP contribution in [-0.2, 0) is 11.3 Å². The Balaban J connectivity index is 1.32. The minimum Gasteiger partial charge on any atom is -0.355 e. The molecule has 4 heteroatoms. The van der Waals surface area contributed by atoms with E-state index >= 15 is 0 Å². The van der Waals surface area contributed by atoms with E-state index < -0.39 is 0 Å². The van der Waals surface area contributed by atoms with Crippen LogP contribution in [0.4, 0.5) is 0 Å². The number of carbonyl (C=O) groups excluding carboxylic acids is 1. The van der Waals surface area contributed by atoms with Gasteiger partial charge in [-0.15, -0.1) is 0 Å². The molecule has 1 aromatic carbocycles. The highest BCUT2D eigenvalue weighted by Crippen LogP contribution is 2.22. The van der Waals surface area contributed by atoms with Crippen LogP contribution in [0, 0.1) is 5.92 Å². The number of benzene rings is 1. The van der Waals surface area contributed by atoms with Gasteiger partial charge in [0, 0.05) is 39.3 Å². The molecule has 1 amide bonds. The summed E-state index contributed by atoms with van der Waals surface area (Å²) < 4.78 is 0. The van der Waals surface area contributed by atoms with Crippen LogP contribution < -0.4 is 5.32 Å². The molecule has 0 unspecified atom stereocenters. The Labute approximate surface area is 146 Å². The Morgan fingerprint density at radius 3 is 2.33 bits per heavy atom. The zero-order chi connectivity index (χ0) is 16.6. The van der Waals surface area contributed by atoms with Crippen molar-refractivity contribution in [3.8, 4) is 0 Å². The topological polar surface area (TPSA) is 35.6 Å². The third-order valence-corrected chi connectivity index (χ3v) is 5.39. The fourth-order valence-electron chi connectivity index (χ4n) is 3.86. The van der Waals surface area contributed by atoms with Crippen LogP contribution in [0.25, 0.3) is 0 Å². The molecule has 1 aliphatic carbocycles. The summed E-state index contributed by atoms with van der Waals surface area (Å²) >= 11 is 0. The van der Waals surface area contributed by atoms with Gasteiger partial charge in [-0.3, -0.25) is 14.6 Å². The number of nitrogens with one attached hydrogen (secondary N) is 1. The lowest BCUT2D eigenvalue weighted by Gasteiger charge is -2.34.